The van der Waals surface area contributed by atoms with Crippen molar-refractivity contribution in [2.75, 3.05) is 31.6 Å². The smallest absolute Gasteiger partial charge is 0.234 e. The molecule has 3 rings (SSSR count). The largest absolute Gasteiger partial charge is 0.388 e. The number of nitrogens with zero attached hydrogens (tertiary/aromatic N) is 2. The van der Waals surface area contributed by atoms with Gasteiger partial charge in [-0.25, -0.2) is 9.37 Å². The third-order valence-corrected chi connectivity index (χ3v) is 4.98. The minimum atomic E-state index is -0.769. The van der Waals surface area contributed by atoms with E-state index in [0.717, 1.165) is 0 Å². The Bertz CT molecular complexity index is 674. The second kappa shape index (κ2) is 7.05. The van der Waals surface area contributed by atoms with Crippen LogP contribution in [0.1, 0.15) is 37.2 Å². The molecule has 136 valence electrons. The van der Waals surface area contributed by atoms with Crippen molar-refractivity contribution in [2.24, 2.45) is 0 Å². The lowest BCUT2D eigenvalue weighted by Gasteiger charge is -2.38. The molecule has 2 fully saturated rings. The second-order valence-electron chi connectivity index (χ2n) is 6.82. The summed E-state index contributed by atoms with van der Waals surface area (Å²) < 4.78 is 14.6. The van der Waals surface area contributed by atoms with E-state index in [2.05, 4.69) is 15.6 Å². The summed E-state index contributed by atoms with van der Waals surface area (Å²) in [5, 5.41) is 15.6. The zero-order chi connectivity index (χ0) is 18.0. The summed E-state index contributed by atoms with van der Waals surface area (Å²) in [5.41, 5.74) is -0.288. The third-order valence-electron chi connectivity index (χ3n) is 4.98. The van der Waals surface area contributed by atoms with Crippen LogP contribution in [0.3, 0.4) is 0 Å². The van der Waals surface area contributed by atoms with Gasteiger partial charge < -0.3 is 15.3 Å². The van der Waals surface area contributed by atoms with E-state index in [1.54, 1.807) is 7.05 Å². The summed E-state index contributed by atoms with van der Waals surface area (Å²) >= 11 is 0. The molecule has 0 saturated carbocycles. The molecule has 1 atom stereocenters. The van der Waals surface area contributed by atoms with Crippen molar-refractivity contribution >= 4 is 17.6 Å². The van der Waals surface area contributed by atoms with E-state index >= 15 is 0 Å². The zero-order valence-electron chi connectivity index (χ0n) is 14.2. The monoisotopic (exact) mass is 350 g/mol. The number of likely N-dealkylation sites (N-methyl/N-ethyl adjacent to an activating group) is 1. The number of aliphatic hydroxyl groups is 1. The second-order valence-corrected chi connectivity index (χ2v) is 6.82. The first-order valence-electron chi connectivity index (χ1n) is 8.53. The van der Waals surface area contributed by atoms with Crippen LogP contribution in [0.15, 0.2) is 12.3 Å². The van der Waals surface area contributed by atoms with Gasteiger partial charge in [0, 0.05) is 32.3 Å². The number of imide groups is 1. The van der Waals surface area contributed by atoms with Crippen molar-refractivity contribution in [3.8, 4) is 0 Å². The molecule has 0 radical (unpaired) electrons. The summed E-state index contributed by atoms with van der Waals surface area (Å²) in [6.45, 7) is 1.53. The van der Waals surface area contributed by atoms with Gasteiger partial charge >= 0.3 is 0 Å². The first-order valence-corrected chi connectivity index (χ1v) is 8.53. The van der Waals surface area contributed by atoms with Crippen LogP contribution < -0.4 is 15.5 Å². The van der Waals surface area contributed by atoms with E-state index in [-0.39, 0.29) is 18.1 Å². The van der Waals surface area contributed by atoms with Crippen LogP contribution in [0.25, 0.3) is 0 Å². The number of amides is 2. The van der Waals surface area contributed by atoms with Gasteiger partial charge in [-0.15, -0.1) is 0 Å². The maximum atomic E-state index is 14.6. The van der Waals surface area contributed by atoms with Crippen molar-refractivity contribution in [2.45, 2.75) is 37.2 Å². The van der Waals surface area contributed by atoms with Gasteiger partial charge in [0.2, 0.25) is 11.8 Å². The lowest BCUT2D eigenvalue weighted by molar-refractivity contribution is -0.134. The van der Waals surface area contributed by atoms with Crippen molar-refractivity contribution in [3.63, 3.8) is 0 Å². The average Bonchev–Trinajstić information content (AvgIpc) is 2.56. The molecule has 1 aromatic heterocycles. The number of rotatable bonds is 4. The number of hydrogen-bond acceptors (Lipinski definition) is 6. The Morgan fingerprint density at radius 1 is 1.44 bits per heavy atom. The molecule has 25 heavy (non-hydrogen) atoms. The van der Waals surface area contributed by atoms with Crippen molar-refractivity contribution in [1.29, 1.82) is 0 Å². The Morgan fingerprint density at radius 3 is 2.76 bits per heavy atom. The van der Waals surface area contributed by atoms with Gasteiger partial charge in [-0.2, -0.15) is 0 Å². The molecule has 8 heteroatoms. The highest BCUT2D eigenvalue weighted by molar-refractivity contribution is 6.00. The number of nitrogens with one attached hydrogen (secondary N) is 2. The van der Waals surface area contributed by atoms with Gasteiger partial charge in [0.25, 0.3) is 0 Å². The van der Waals surface area contributed by atoms with Crippen molar-refractivity contribution in [1.82, 2.24) is 15.6 Å². The zero-order valence-corrected chi connectivity index (χ0v) is 14.2. The molecule has 0 spiro atoms. The summed E-state index contributed by atoms with van der Waals surface area (Å²) in [6.07, 6.45) is 3.18. The summed E-state index contributed by atoms with van der Waals surface area (Å²) in [7, 11) is 1.79. The predicted octanol–water partition coefficient (Wildman–Crippen LogP) is 0.292. The lowest BCUT2D eigenvalue weighted by atomic mass is 9.90. The number of pyridine rings is 1. The highest BCUT2D eigenvalue weighted by atomic mass is 19.1. The SMILES string of the molecule is CNCC1(O)CCN(c2ncc(C3CCC(=O)NC3=O)cc2F)CC1. The molecule has 0 aromatic carbocycles. The highest BCUT2D eigenvalue weighted by Gasteiger charge is 2.33. The van der Waals surface area contributed by atoms with Crippen LogP contribution in [0.2, 0.25) is 0 Å². The average molecular weight is 350 g/mol. The molecule has 1 unspecified atom stereocenters. The molecule has 0 aliphatic carbocycles. The third kappa shape index (κ3) is 3.80. The molecular formula is C17H23FN4O3. The van der Waals surface area contributed by atoms with E-state index in [1.165, 1.54) is 12.3 Å². The van der Waals surface area contributed by atoms with Crippen LogP contribution >= 0.6 is 0 Å². The fourth-order valence-corrected chi connectivity index (χ4v) is 3.52. The molecule has 2 saturated heterocycles. The first-order chi connectivity index (χ1) is 11.9. The number of aromatic nitrogens is 1. The first kappa shape index (κ1) is 17.8. The minimum absolute atomic E-state index is 0.238. The molecular weight excluding hydrogens is 327 g/mol. The fourth-order valence-electron chi connectivity index (χ4n) is 3.52. The molecule has 0 bridgehead atoms. The quantitative estimate of drug-likeness (QED) is 0.676. The van der Waals surface area contributed by atoms with Crippen LogP contribution in [0, 0.1) is 5.82 Å². The van der Waals surface area contributed by atoms with Gasteiger partial charge in [-0.05, 0) is 37.9 Å². The Morgan fingerprint density at radius 2 is 2.16 bits per heavy atom. The predicted molar refractivity (Wildman–Crippen MR) is 89.6 cm³/mol. The van der Waals surface area contributed by atoms with Crippen LogP contribution in [-0.2, 0) is 9.59 Å². The van der Waals surface area contributed by atoms with Crippen molar-refractivity contribution < 1.29 is 19.1 Å². The van der Waals surface area contributed by atoms with E-state index < -0.39 is 23.2 Å². The molecule has 2 amide bonds. The number of anilines is 1. The number of carbonyl (C=O) groups is 2. The maximum absolute atomic E-state index is 14.6. The standard InChI is InChI=1S/C17H23FN4O3/c1-19-10-17(25)4-6-22(7-5-17)15-13(18)8-11(9-20-15)12-2-3-14(23)21-16(12)24/h8-9,12,19,25H,2-7,10H2,1H3,(H,21,23,24). The lowest BCUT2D eigenvalue weighted by Crippen LogP contribution is -2.49. The Labute approximate surface area is 145 Å². The van der Waals surface area contributed by atoms with Crippen molar-refractivity contribution in [3.05, 3.63) is 23.6 Å². The summed E-state index contributed by atoms with van der Waals surface area (Å²) in [4.78, 5) is 29.2. The topological polar surface area (TPSA) is 94.6 Å². The summed E-state index contributed by atoms with van der Waals surface area (Å²) in [6, 6.07) is 1.33. The summed E-state index contributed by atoms with van der Waals surface area (Å²) in [5.74, 6) is -1.49. The Hall–Kier alpha value is -2.06. The van der Waals surface area contributed by atoms with Gasteiger partial charge in [-0.1, -0.05) is 0 Å². The van der Waals surface area contributed by atoms with Gasteiger partial charge in [0.15, 0.2) is 11.6 Å². The fraction of sp³-hybridized carbons (Fsp3) is 0.588. The van der Waals surface area contributed by atoms with Gasteiger partial charge in [0.1, 0.15) is 0 Å². The molecule has 3 heterocycles. The maximum Gasteiger partial charge on any atom is 0.234 e. The van der Waals surface area contributed by atoms with E-state index in [4.69, 9.17) is 0 Å². The van der Waals surface area contributed by atoms with Gasteiger partial charge in [-0.3, -0.25) is 14.9 Å². The number of hydrogen-bond donors (Lipinski definition) is 3. The number of piperidine rings is 2. The Balaban J connectivity index is 1.71. The van der Waals surface area contributed by atoms with Gasteiger partial charge in [0.05, 0.1) is 11.5 Å². The number of carbonyl (C=O) groups excluding carboxylic acids is 2. The minimum Gasteiger partial charge on any atom is -0.388 e. The molecule has 1 aromatic rings. The molecule has 7 nitrogen and oxygen atoms in total. The van der Waals surface area contributed by atoms with E-state index in [1.807, 2.05) is 4.90 Å². The van der Waals surface area contributed by atoms with E-state index in [9.17, 15) is 19.1 Å². The highest BCUT2D eigenvalue weighted by Crippen LogP contribution is 2.30. The number of halogens is 1. The van der Waals surface area contributed by atoms with Crippen LogP contribution in [-0.4, -0.2) is 54.2 Å². The molecule has 2 aliphatic heterocycles. The molecule has 2 aliphatic rings. The molecule has 3 N–H and O–H groups in total. The normalized spacial score (nSPS) is 23.5. The van der Waals surface area contributed by atoms with Crippen LogP contribution in [0.4, 0.5) is 10.2 Å². The Kier molecular flexibility index (Phi) is 5.01. The van der Waals surface area contributed by atoms with Crippen LogP contribution in [0.5, 0.6) is 0 Å². The van der Waals surface area contributed by atoms with E-state index in [0.29, 0.717) is 44.5 Å².